The molecule has 0 saturated heterocycles. The molecule has 1 rings (SSSR count). The molecule has 0 nitrogen and oxygen atoms in total. The lowest BCUT2D eigenvalue weighted by Gasteiger charge is -1.89. The van der Waals surface area contributed by atoms with Crippen LogP contribution in [0.3, 0.4) is 0 Å². The summed E-state index contributed by atoms with van der Waals surface area (Å²) in [5, 5.41) is 0. The van der Waals surface area contributed by atoms with Gasteiger partial charge in [-0.2, -0.15) is 0 Å². The van der Waals surface area contributed by atoms with Crippen molar-refractivity contribution in [1.82, 2.24) is 0 Å². The van der Waals surface area contributed by atoms with E-state index in [0.29, 0.717) is 0 Å². The average Bonchev–Trinajstić information content (AvgIpc) is 1.85. The first-order chi connectivity index (χ1) is 3.70. The van der Waals surface area contributed by atoms with Crippen molar-refractivity contribution in [2.24, 2.45) is 0 Å². The van der Waals surface area contributed by atoms with E-state index in [9.17, 15) is 0 Å². The molecular formula is C8H10. The molecule has 0 fully saturated rings. The van der Waals surface area contributed by atoms with Crippen LogP contribution in [0.15, 0.2) is 36.0 Å². The Morgan fingerprint density at radius 2 is 2.12 bits per heavy atom. The summed E-state index contributed by atoms with van der Waals surface area (Å²) in [4.78, 5) is 0. The lowest BCUT2D eigenvalue weighted by atomic mass is 10.2. The smallest absolute Gasteiger partial charge is 0.00667 e. The minimum absolute atomic E-state index is 1.03. The second-order valence-electron chi connectivity index (χ2n) is 2.30. The number of hydrogen-bond acceptors (Lipinski definition) is 0. The Morgan fingerprint density at radius 1 is 1.50 bits per heavy atom. The molecule has 0 N–H and O–H groups in total. The van der Waals surface area contributed by atoms with E-state index < -0.39 is 0 Å². The molecule has 42 valence electrons. The molecule has 1 aliphatic carbocycles. The van der Waals surface area contributed by atoms with Crippen LogP contribution in [-0.4, -0.2) is 0 Å². The minimum atomic E-state index is 1.03. The summed E-state index contributed by atoms with van der Waals surface area (Å²) in [6, 6.07) is 0. The maximum Gasteiger partial charge on any atom is -0.00667 e. The maximum atomic E-state index is 3.83. The van der Waals surface area contributed by atoms with Crippen LogP contribution in [0.4, 0.5) is 0 Å². The van der Waals surface area contributed by atoms with Crippen LogP contribution in [0, 0.1) is 0 Å². The van der Waals surface area contributed by atoms with E-state index in [1.165, 1.54) is 11.1 Å². The van der Waals surface area contributed by atoms with Crippen molar-refractivity contribution in [3.05, 3.63) is 36.0 Å². The normalized spacial score (nSPS) is 19.4. The summed E-state index contributed by atoms with van der Waals surface area (Å²) >= 11 is 0. The maximum absolute atomic E-state index is 3.83. The molecule has 0 aromatic carbocycles. The SMILES string of the molecule is C=C1C=C(C)CC1=C. The van der Waals surface area contributed by atoms with Crippen molar-refractivity contribution in [2.45, 2.75) is 13.3 Å². The molecule has 0 atom stereocenters. The van der Waals surface area contributed by atoms with E-state index in [0.717, 1.165) is 12.0 Å². The molecule has 0 bridgehead atoms. The molecule has 0 unspecified atom stereocenters. The molecule has 0 aliphatic heterocycles. The van der Waals surface area contributed by atoms with Crippen LogP contribution in [0.1, 0.15) is 13.3 Å². The highest BCUT2D eigenvalue weighted by atomic mass is 14.1. The quantitative estimate of drug-likeness (QED) is 0.445. The van der Waals surface area contributed by atoms with Gasteiger partial charge in [-0.1, -0.05) is 24.8 Å². The Labute approximate surface area is 50.2 Å². The van der Waals surface area contributed by atoms with Gasteiger partial charge in [-0.25, -0.2) is 0 Å². The number of allylic oxidation sites excluding steroid dienone is 4. The van der Waals surface area contributed by atoms with Crippen LogP contribution in [-0.2, 0) is 0 Å². The largest absolute Gasteiger partial charge is 0.0949 e. The van der Waals surface area contributed by atoms with Gasteiger partial charge in [-0.3, -0.25) is 0 Å². The van der Waals surface area contributed by atoms with Gasteiger partial charge in [0.1, 0.15) is 0 Å². The monoisotopic (exact) mass is 106 g/mol. The van der Waals surface area contributed by atoms with Gasteiger partial charge in [0.2, 0.25) is 0 Å². The second kappa shape index (κ2) is 1.62. The summed E-state index contributed by atoms with van der Waals surface area (Å²) in [7, 11) is 0. The van der Waals surface area contributed by atoms with Crippen molar-refractivity contribution < 1.29 is 0 Å². The molecular weight excluding hydrogens is 96.1 g/mol. The zero-order valence-electron chi connectivity index (χ0n) is 5.20. The Bertz CT molecular complexity index is 170. The zero-order chi connectivity index (χ0) is 6.15. The van der Waals surface area contributed by atoms with E-state index in [-0.39, 0.29) is 0 Å². The highest BCUT2D eigenvalue weighted by Gasteiger charge is 2.05. The Morgan fingerprint density at radius 3 is 2.25 bits per heavy atom. The highest BCUT2D eigenvalue weighted by Crippen LogP contribution is 2.25. The van der Waals surface area contributed by atoms with Gasteiger partial charge in [-0.15, -0.1) is 0 Å². The Kier molecular flexibility index (Phi) is 1.09. The van der Waals surface area contributed by atoms with Crippen LogP contribution in [0.25, 0.3) is 0 Å². The predicted octanol–water partition coefficient (Wildman–Crippen LogP) is 2.45. The highest BCUT2D eigenvalue weighted by molar-refractivity contribution is 5.45. The summed E-state index contributed by atoms with van der Waals surface area (Å²) in [6.07, 6.45) is 3.11. The van der Waals surface area contributed by atoms with Gasteiger partial charge in [0.25, 0.3) is 0 Å². The molecule has 0 radical (unpaired) electrons. The van der Waals surface area contributed by atoms with Crippen LogP contribution in [0.2, 0.25) is 0 Å². The molecule has 0 aromatic rings. The fourth-order valence-electron chi connectivity index (χ4n) is 0.901. The van der Waals surface area contributed by atoms with E-state index >= 15 is 0 Å². The fraction of sp³-hybridized carbons (Fsp3) is 0.250. The van der Waals surface area contributed by atoms with Crippen molar-refractivity contribution in [2.75, 3.05) is 0 Å². The van der Waals surface area contributed by atoms with Gasteiger partial charge in [0, 0.05) is 0 Å². The molecule has 0 amide bonds. The Balaban J connectivity index is 2.85. The first-order valence-corrected chi connectivity index (χ1v) is 2.74. The zero-order valence-corrected chi connectivity index (χ0v) is 5.20. The number of hydrogen-bond donors (Lipinski definition) is 0. The number of rotatable bonds is 0. The van der Waals surface area contributed by atoms with Gasteiger partial charge in [0.15, 0.2) is 0 Å². The van der Waals surface area contributed by atoms with E-state index in [1.807, 2.05) is 0 Å². The molecule has 8 heavy (non-hydrogen) atoms. The van der Waals surface area contributed by atoms with Crippen LogP contribution < -0.4 is 0 Å². The van der Waals surface area contributed by atoms with Crippen LogP contribution in [0.5, 0.6) is 0 Å². The van der Waals surface area contributed by atoms with E-state index in [1.54, 1.807) is 0 Å². The topological polar surface area (TPSA) is 0 Å². The van der Waals surface area contributed by atoms with Crippen molar-refractivity contribution in [1.29, 1.82) is 0 Å². The molecule has 0 aromatic heterocycles. The van der Waals surface area contributed by atoms with E-state index in [4.69, 9.17) is 0 Å². The lowest BCUT2D eigenvalue weighted by Crippen LogP contribution is -1.70. The minimum Gasteiger partial charge on any atom is -0.0949 e. The average molecular weight is 106 g/mol. The third-order valence-electron chi connectivity index (χ3n) is 1.37. The first-order valence-electron chi connectivity index (χ1n) is 2.74. The van der Waals surface area contributed by atoms with Crippen LogP contribution >= 0.6 is 0 Å². The third kappa shape index (κ3) is 0.738. The first kappa shape index (κ1) is 5.36. The van der Waals surface area contributed by atoms with E-state index in [2.05, 4.69) is 26.2 Å². The predicted molar refractivity (Wildman–Crippen MR) is 36.7 cm³/mol. The van der Waals surface area contributed by atoms with Crippen molar-refractivity contribution in [3.63, 3.8) is 0 Å². The second-order valence-corrected chi connectivity index (χ2v) is 2.30. The van der Waals surface area contributed by atoms with Gasteiger partial charge < -0.3 is 0 Å². The van der Waals surface area contributed by atoms with Gasteiger partial charge in [0.05, 0.1) is 0 Å². The van der Waals surface area contributed by atoms with Gasteiger partial charge in [-0.05, 0) is 24.5 Å². The molecule has 0 heteroatoms. The van der Waals surface area contributed by atoms with Gasteiger partial charge >= 0.3 is 0 Å². The molecule has 0 saturated carbocycles. The summed E-state index contributed by atoms with van der Waals surface area (Å²) < 4.78 is 0. The van der Waals surface area contributed by atoms with Crippen molar-refractivity contribution in [3.8, 4) is 0 Å². The summed E-state index contributed by atoms with van der Waals surface area (Å²) in [5.74, 6) is 0. The fourth-order valence-corrected chi connectivity index (χ4v) is 0.901. The third-order valence-corrected chi connectivity index (χ3v) is 1.37. The molecule has 1 aliphatic rings. The standard InChI is InChI=1S/C8H10/c1-6-4-7(2)8(3)5-6/h4H,2-3,5H2,1H3. The molecule has 0 spiro atoms. The summed E-state index contributed by atoms with van der Waals surface area (Å²) in [5.41, 5.74) is 3.64. The lowest BCUT2D eigenvalue weighted by molar-refractivity contribution is 1.21. The summed E-state index contributed by atoms with van der Waals surface area (Å²) in [6.45, 7) is 9.74. The van der Waals surface area contributed by atoms with Crippen molar-refractivity contribution >= 4 is 0 Å². The Hall–Kier alpha value is -0.780. The molecule has 0 heterocycles.